The third-order valence-electron chi connectivity index (χ3n) is 0. The molecule has 0 spiro atoms. The maximum absolute atomic E-state index is 8.52. The summed E-state index contributed by atoms with van der Waals surface area (Å²) < 4.78 is 68.2. The number of rotatable bonds is 0. The summed E-state index contributed by atoms with van der Waals surface area (Å²) in [6.45, 7) is 0. The Hall–Kier alpha value is 5.10. The van der Waals surface area contributed by atoms with Crippen LogP contribution in [-0.4, -0.2) is 72.8 Å². The summed E-state index contributed by atoms with van der Waals surface area (Å²) in [6.07, 6.45) is 0. The second kappa shape index (κ2) is 15.2. The Bertz CT molecular complexity index is 217. The van der Waals surface area contributed by atoms with Crippen LogP contribution in [0.25, 0.3) is 0 Å². The van der Waals surface area contributed by atoms with E-state index >= 15 is 0 Å². The van der Waals surface area contributed by atoms with Gasteiger partial charge in [0.2, 0.25) is 0 Å². The maximum Gasteiger partial charge on any atom is 2.00 e. The summed E-state index contributed by atoms with van der Waals surface area (Å²) in [6, 6.07) is 0. The molecule has 0 heterocycles. The van der Waals surface area contributed by atoms with E-state index < -0.39 is 20.8 Å². The molecule has 0 bridgehead atoms. The van der Waals surface area contributed by atoms with E-state index in [-0.39, 0.29) is 176 Å². The van der Waals surface area contributed by atoms with Gasteiger partial charge in [0.25, 0.3) is 0 Å². The van der Waals surface area contributed by atoms with Gasteiger partial charge in [-0.05, 0) is 0 Å². The second-order valence-electron chi connectivity index (χ2n) is 0.816. The predicted octanol–water partition coefficient (Wildman–Crippen LogP) is -9.05. The average molecular weight is 498 g/mol. The molecule has 13 heavy (non-hydrogen) atoms. The smallest absolute Gasteiger partial charge is 0.759 e. The van der Waals surface area contributed by atoms with Crippen LogP contribution in [0.15, 0.2) is 0 Å². The summed E-state index contributed by atoms with van der Waals surface area (Å²) in [5, 5.41) is 0. The van der Waals surface area contributed by atoms with E-state index in [1.807, 2.05) is 0 Å². The molecule has 0 aliphatic heterocycles. The monoisotopic (exact) mass is 498 g/mol. The first kappa shape index (κ1) is 30.8. The Morgan fingerprint density at radius 1 is 0.615 bits per heavy atom. The molecule has 0 unspecified atom stereocenters. The summed E-state index contributed by atoms with van der Waals surface area (Å²) >= 11 is 0. The Labute approximate surface area is 223 Å². The van der Waals surface area contributed by atoms with Gasteiger partial charge in [0.15, 0.2) is 0 Å². The van der Waals surface area contributed by atoms with Crippen molar-refractivity contribution >= 4 is 58.5 Å². The molecule has 8 nitrogen and oxygen atoms in total. The van der Waals surface area contributed by atoms with Gasteiger partial charge in [-0.15, -0.1) is 0 Å². The first-order valence-corrected chi connectivity index (χ1v) is 4.00. The quantitative estimate of drug-likeness (QED) is 0.181. The first-order valence-electron chi connectivity index (χ1n) is 1.33. The van der Waals surface area contributed by atoms with Gasteiger partial charge in [-0.1, -0.05) is 0 Å². The Morgan fingerprint density at radius 2 is 0.615 bits per heavy atom. The molecule has 64 valence electrons. The van der Waals surface area contributed by atoms with Gasteiger partial charge in [0, 0.05) is 20.8 Å². The van der Waals surface area contributed by atoms with Gasteiger partial charge in [0.05, 0.1) is 0 Å². The normalized spacial score (nSPS) is 8.92. The zero-order valence-corrected chi connectivity index (χ0v) is 23.2. The molecular weight excluding hydrogens is 498 g/mol. The third-order valence-corrected chi connectivity index (χ3v) is 0. The van der Waals surface area contributed by atoms with Gasteiger partial charge in [-0.25, -0.2) is 0 Å². The second-order valence-corrected chi connectivity index (χ2v) is 2.45. The molecule has 0 saturated carbocycles. The maximum atomic E-state index is 8.52. The van der Waals surface area contributed by atoms with Crippen molar-refractivity contribution in [2.75, 3.05) is 0 Å². The van der Waals surface area contributed by atoms with Crippen LogP contribution in [0.3, 0.4) is 0 Å². The van der Waals surface area contributed by atoms with Crippen LogP contribution in [0.2, 0.25) is 0 Å². The average Bonchev–Trinajstić information content (AvgIpc) is 1.12. The van der Waals surface area contributed by atoms with Crippen molar-refractivity contribution < 1.29 is 173 Å². The molecule has 0 aliphatic carbocycles. The molecule has 0 aromatic rings. The summed E-state index contributed by atoms with van der Waals surface area (Å²) in [5.74, 6) is 0. The van der Waals surface area contributed by atoms with Crippen LogP contribution >= 0.6 is 0 Å². The van der Waals surface area contributed by atoms with Crippen molar-refractivity contribution in [1.82, 2.24) is 0 Å². The van der Waals surface area contributed by atoms with Gasteiger partial charge in [0.1, 0.15) is 0 Å². The van der Waals surface area contributed by atoms with Crippen molar-refractivity contribution in [3.63, 3.8) is 0 Å². The number of hydrogen-bond donors (Lipinski definition) is 0. The van der Waals surface area contributed by atoms with E-state index in [4.69, 9.17) is 35.0 Å². The van der Waals surface area contributed by atoms with Crippen molar-refractivity contribution in [3.8, 4) is 0 Å². The fourth-order valence-electron chi connectivity index (χ4n) is 0. The molecule has 0 aromatic carbocycles. The Kier molecular flexibility index (Phi) is 36.0. The first-order chi connectivity index (χ1) is 4.00. The van der Waals surface area contributed by atoms with Crippen LogP contribution in [-0.2, 0) is 20.8 Å². The third kappa shape index (κ3) is 150. The molecule has 0 aliphatic rings. The van der Waals surface area contributed by atoms with Gasteiger partial charge < -0.3 is 18.2 Å². The fourth-order valence-corrected chi connectivity index (χ4v) is 0. The van der Waals surface area contributed by atoms with E-state index in [0.29, 0.717) is 0 Å². The number of hydrogen-bond acceptors (Lipinski definition) is 8. The largest absolute Gasteiger partial charge is 2.00 e. The van der Waals surface area contributed by atoms with Crippen LogP contribution in [0, 0.1) is 0 Å². The van der Waals surface area contributed by atoms with Crippen molar-refractivity contribution in [3.05, 3.63) is 0 Å². The summed E-state index contributed by atoms with van der Waals surface area (Å²) in [7, 11) is -10.3. The van der Waals surface area contributed by atoms with Crippen molar-refractivity contribution in [1.29, 1.82) is 0 Å². The molecule has 0 amide bonds. The van der Waals surface area contributed by atoms with Crippen molar-refractivity contribution in [2.24, 2.45) is 0 Å². The predicted molar refractivity (Wildman–Crippen MR) is 26.7 cm³/mol. The molecule has 0 N–H and O–H groups in total. The van der Waals surface area contributed by atoms with Crippen LogP contribution in [0.5, 0.6) is 0 Å². The van der Waals surface area contributed by atoms with Crippen LogP contribution in [0.1, 0.15) is 0 Å². The fraction of sp³-hybridized carbons (Fsp3) is 0. The van der Waals surface area contributed by atoms with Crippen LogP contribution < -0.4 is 138 Å². The van der Waals surface area contributed by atoms with Crippen molar-refractivity contribution in [2.45, 2.75) is 0 Å². The van der Waals surface area contributed by atoms with E-state index in [0.717, 1.165) is 0 Å². The molecular formula is CaCs2O8S2. The van der Waals surface area contributed by atoms with E-state index in [9.17, 15) is 0 Å². The SMILES string of the molecule is O=S(=O)([O-])[O-].O=S(=O)([O-])[O-].[Ca+2].[Cs+].[Cs+]. The zero-order valence-electron chi connectivity index (χ0n) is 6.79. The van der Waals surface area contributed by atoms with Gasteiger partial charge in [-0.2, -0.15) is 0 Å². The zero-order chi connectivity index (χ0) is 9.00. The van der Waals surface area contributed by atoms with Gasteiger partial charge in [-0.3, -0.25) is 16.8 Å². The minimum atomic E-state index is -5.17. The molecule has 0 rings (SSSR count). The van der Waals surface area contributed by atoms with Crippen LogP contribution in [0.4, 0.5) is 0 Å². The minimum Gasteiger partial charge on any atom is -0.759 e. The molecule has 0 aromatic heterocycles. The summed E-state index contributed by atoms with van der Waals surface area (Å²) in [4.78, 5) is 0. The van der Waals surface area contributed by atoms with E-state index in [2.05, 4.69) is 0 Å². The Morgan fingerprint density at radius 3 is 0.615 bits per heavy atom. The standard InChI is InChI=1S/Ca.2Cs.2H2O4S/c;;;2*1-5(2,3)4/h;;;2*(H2,1,2,3,4)/q+2;2*+1;;/p-4. The van der Waals surface area contributed by atoms with Gasteiger partial charge >= 0.3 is 176 Å². The molecule has 0 fully saturated rings. The Balaban J connectivity index is -0.0000000267. The molecule has 0 atom stereocenters. The van der Waals surface area contributed by atoms with E-state index in [1.54, 1.807) is 0 Å². The molecule has 13 heteroatoms. The topological polar surface area (TPSA) is 161 Å². The summed E-state index contributed by atoms with van der Waals surface area (Å²) in [5.41, 5.74) is 0. The molecule has 0 saturated heterocycles. The molecule has 0 radical (unpaired) electrons. The van der Waals surface area contributed by atoms with E-state index in [1.165, 1.54) is 0 Å². The minimum absolute atomic E-state index is 0.